The fourth-order valence-electron chi connectivity index (χ4n) is 6.93. The van der Waals surface area contributed by atoms with Crippen LogP contribution in [0.2, 0.25) is 0 Å². The fraction of sp³-hybridized carbons (Fsp3) is 0.650. The molecule has 0 N–H and O–H groups in total. The molecule has 0 amide bonds. The summed E-state index contributed by atoms with van der Waals surface area (Å²) in [6, 6.07) is 0. The summed E-state index contributed by atoms with van der Waals surface area (Å²) in [5.41, 5.74) is 11.6. The van der Waals surface area contributed by atoms with Crippen LogP contribution in [0.15, 0.2) is 81.5 Å². The van der Waals surface area contributed by atoms with E-state index in [1.54, 1.807) is 27.9 Å². The molecule has 0 aliphatic heterocycles. The summed E-state index contributed by atoms with van der Waals surface area (Å²) in [5, 5.41) is 0. The van der Waals surface area contributed by atoms with E-state index >= 15 is 0 Å². The third-order valence-electron chi connectivity index (χ3n) is 9.82. The highest BCUT2D eigenvalue weighted by molar-refractivity contribution is 5.36. The van der Waals surface area contributed by atoms with Crippen LogP contribution >= 0.6 is 0 Å². The lowest BCUT2D eigenvalue weighted by Gasteiger charge is -2.38. The van der Waals surface area contributed by atoms with Crippen molar-refractivity contribution in [1.29, 1.82) is 0 Å². The predicted octanol–water partition coefficient (Wildman–Crippen LogP) is 13.4. The van der Waals surface area contributed by atoms with Gasteiger partial charge in [0.25, 0.3) is 0 Å². The summed E-state index contributed by atoms with van der Waals surface area (Å²) in [6.45, 7) is 23.6. The Hall–Kier alpha value is -1.82. The van der Waals surface area contributed by atoms with Gasteiger partial charge in [-0.05, 0) is 147 Å². The van der Waals surface area contributed by atoms with Crippen molar-refractivity contribution in [3.05, 3.63) is 81.5 Å². The van der Waals surface area contributed by atoms with Gasteiger partial charge in [-0.2, -0.15) is 0 Å². The third kappa shape index (κ3) is 12.0. The number of unbranched alkanes of at least 4 members (excludes halogenated alkanes) is 1. The van der Waals surface area contributed by atoms with Crippen LogP contribution in [0.3, 0.4) is 0 Å². The van der Waals surface area contributed by atoms with Crippen LogP contribution in [-0.2, 0) is 0 Å². The Kier molecular flexibility index (Phi) is 14.3. The second kappa shape index (κ2) is 16.6. The number of hydrogen-bond donors (Lipinski definition) is 0. The second-order valence-corrected chi connectivity index (χ2v) is 14.6. The molecule has 2 aliphatic carbocycles. The summed E-state index contributed by atoms with van der Waals surface area (Å²) >= 11 is 0. The molecule has 1 atom stereocenters. The molecule has 2 aliphatic rings. The molecule has 0 radical (unpaired) electrons. The summed E-state index contributed by atoms with van der Waals surface area (Å²) in [6.07, 6.45) is 33.1. The van der Waals surface area contributed by atoms with Gasteiger partial charge >= 0.3 is 0 Å². The van der Waals surface area contributed by atoms with Crippen LogP contribution in [0, 0.1) is 16.7 Å². The van der Waals surface area contributed by atoms with E-state index < -0.39 is 0 Å². The first kappa shape index (κ1) is 34.4. The smallest absolute Gasteiger partial charge is 0.0104 e. The van der Waals surface area contributed by atoms with Crippen molar-refractivity contribution in [3.8, 4) is 0 Å². The maximum Gasteiger partial charge on any atom is -0.0104 e. The van der Waals surface area contributed by atoms with Crippen LogP contribution in [0.1, 0.15) is 153 Å². The van der Waals surface area contributed by atoms with E-state index in [1.807, 2.05) is 0 Å². The van der Waals surface area contributed by atoms with E-state index in [0.717, 1.165) is 25.2 Å². The second-order valence-electron chi connectivity index (χ2n) is 14.6. The molecule has 0 bridgehead atoms. The first-order chi connectivity index (χ1) is 18.8. The van der Waals surface area contributed by atoms with E-state index in [-0.39, 0.29) is 0 Å². The van der Waals surface area contributed by atoms with Crippen LogP contribution in [0.4, 0.5) is 0 Å². The standard InChI is InChI=1S/C40H64/c1-31(19-13-21-33(3)25-27-37-35(5)23-15-29-39(37,7)8)17-11-12-18-32(2)20-14-22-34(4)26-28-38-36(6)24-16-30-40(38,9)10/h17-18,21-23,26,28,37H,11-16,19-20,24-25,27,29-30H2,1-10H3/b28-26+,31-17+,32-18+,33-21+,34-22+/t37-/m0/s1. The molecule has 0 spiro atoms. The highest BCUT2D eigenvalue weighted by atomic mass is 14.4. The van der Waals surface area contributed by atoms with Crippen LogP contribution in [0.25, 0.3) is 0 Å². The summed E-state index contributed by atoms with van der Waals surface area (Å²) in [5.74, 6) is 0.751. The van der Waals surface area contributed by atoms with Gasteiger partial charge in [-0.1, -0.05) is 104 Å². The van der Waals surface area contributed by atoms with E-state index in [9.17, 15) is 0 Å². The van der Waals surface area contributed by atoms with E-state index in [2.05, 4.69) is 112 Å². The lowest BCUT2D eigenvalue weighted by Crippen LogP contribution is -2.27. The Labute approximate surface area is 250 Å². The lowest BCUT2D eigenvalue weighted by molar-refractivity contribution is 0.204. The molecule has 0 aromatic heterocycles. The Morgan fingerprint density at radius 1 is 0.775 bits per heavy atom. The van der Waals surface area contributed by atoms with Gasteiger partial charge in [0, 0.05) is 0 Å². The quantitative estimate of drug-likeness (QED) is 0.116. The highest BCUT2D eigenvalue weighted by Crippen LogP contribution is 2.44. The number of rotatable bonds is 14. The fourth-order valence-corrected chi connectivity index (χ4v) is 6.93. The molecule has 0 saturated heterocycles. The predicted molar refractivity (Wildman–Crippen MR) is 182 cm³/mol. The maximum atomic E-state index is 2.50. The van der Waals surface area contributed by atoms with E-state index in [0.29, 0.717) is 10.8 Å². The van der Waals surface area contributed by atoms with Crippen molar-refractivity contribution in [2.45, 2.75) is 153 Å². The topological polar surface area (TPSA) is 0 Å². The largest absolute Gasteiger partial charge is 0.0853 e. The van der Waals surface area contributed by atoms with Crippen molar-refractivity contribution in [2.75, 3.05) is 0 Å². The van der Waals surface area contributed by atoms with Gasteiger partial charge in [0.1, 0.15) is 0 Å². The summed E-state index contributed by atoms with van der Waals surface area (Å²) < 4.78 is 0. The molecular weight excluding hydrogens is 480 g/mol. The molecule has 0 fully saturated rings. The molecule has 0 heteroatoms. The van der Waals surface area contributed by atoms with Crippen molar-refractivity contribution >= 4 is 0 Å². The molecule has 2 rings (SSSR count). The van der Waals surface area contributed by atoms with Gasteiger partial charge in [-0.3, -0.25) is 0 Å². The van der Waals surface area contributed by atoms with Gasteiger partial charge in [0.2, 0.25) is 0 Å². The summed E-state index contributed by atoms with van der Waals surface area (Å²) in [4.78, 5) is 0. The minimum atomic E-state index is 0.323. The number of hydrogen-bond acceptors (Lipinski definition) is 0. The SMILES string of the molecule is CC1=CCCC(C)(C)[C@H]1CC/C(C)=C/CC/C(C)=C/CC/C=C(\C)CC/C=C(C)/C=C/C1=C(C)CCCC1(C)C. The Morgan fingerprint density at radius 3 is 1.95 bits per heavy atom. The Balaban J connectivity index is 1.67. The van der Waals surface area contributed by atoms with Gasteiger partial charge < -0.3 is 0 Å². The van der Waals surface area contributed by atoms with E-state index in [1.165, 1.54) is 75.4 Å². The van der Waals surface area contributed by atoms with Gasteiger partial charge in [-0.25, -0.2) is 0 Å². The molecule has 0 aromatic carbocycles. The van der Waals surface area contributed by atoms with E-state index in [4.69, 9.17) is 0 Å². The Bertz CT molecular complexity index is 1020. The monoisotopic (exact) mass is 545 g/mol. The molecule has 0 saturated carbocycles. The molecule has 0 unspecified atom stereocenters. The first-order valence-corrected chi connectivity index (χ1v) is 16.5. The van der Waals surface area contributed by atoms with Gasteiger partial charge in [0.15, 0.2) is 0 Å². The van der Waals surface area contributed by atoms with Crippen molar-refractivity contribution in [2.24, 2.45) is 16.7 Å². The van der Waals surface area contributed by atoms with Crippen LogP contribution < -0.4 is 0 Å². The molecule has 40 heavy (non-hydrogen) atoms. The van der Waals surface area contributed by atoms with Crippen LogP contribution in [0.5, 0.6) is 0 Å². The highest BCUT2D eigenvalue weighted by Gasteiger charge is 2.32. The van der Waals surface area contributed by atoms with Gasteiger partial charge in [-0.15, -0.1) is 0 Å². The average molecular weight is 545 g/mol. The van der Waals surface area contributed by atoms with Crippen LogP contribution in [-0.4, -0.2) is 0 Å². The third-order valence-corrected chi connectivity index (χ3v) is 9.82. The zero-order valence-electron chi connectivity index (χ0n) is 28.3. The molecule has 0 nitrogen and oxygen atoms in total. The minimum absolute atomic E-state index is 0.323. The maximum absolute atomic E-state index is 2.50. The first-order valence-electron chi connectivity index (χ1n) is 16.5. The molecule has 224 valence electrons. The normalized spacial score (nSPS) is 22.8. The average Bonchev–Trinajstić information content (AvgIpc) is 2.85. The Morgan fingerprint density at radius 2 is 1.35 bits per heavy atom. The van der Waals surface area contributed by atoms with Crippen molar-refractivity contribution in [1.82, 2.24) is 0 Å². The molecule has 0 aromatic rings. The summed E-state index contributed by atoms with van der Waals surface area (Å²) in [7, 11) is 0. The zero-order valence-corrected chi connectivity index (χ0v) is 28.3. The van der Waals surface area contributed by atoms with Crippen molar-refractivity contribution in [3.63, 3.8) is 0 Å². The van der Waals surface area contributed by atoms with Crippen molar-refractivity contribution < 1.29 is 0 Å². The molecular formula is C40H64. The zero-order chi connectivity index (χ0) is 29.8. The molecule has 0 heterocycles. The lowest BCUT2D eigenvalue weighted by atomic mass is 9.67. The van der Waals surface area contributed by atoms with Gasteiger partial charge in [0.05, 0.1) is 0 Å². The number of allylic oxidation sites excluding steroid dienone is 14. The minimum Gasteiger partial charge on any atom is -0.0853 e.